The molecular weight excluding hydrogens is 347 g/mol. The summed E-state index contributed by atoms with van der Waals surface area (Å²) in [5, 5.41) is 4.84. The van der Waals surface area contributed by atoms with Gasteiger partial charge in [0.1, 0.15) is 28.5 Å². The van der Waals surface area contributed by atoms with Gasteiger partial charge in [0.05, 0.1) is 5.56 Å². The van der Waals surface area contributed by atoms with Crippen LogP contribution in [-0.2, 0) is 0 Å². The first-order chi connectivity index (χ1) is 13.4. The average molecular weight is 367 g/mol. The molecule has 0 spiro atoms. The van der Waals surface area contributed by atoms with Crippen LogP contribution in [0.15, 0.2) is 115 Å². The summed E-state index contributed by atoms with van der Waals surface area (Å²) in [5.74, 6) is 0. The molecule has 0 saturated heterocycles. The van der Waals surface area contributed by atoms with E-state index in [0.717, 1.165) is 17.2 Å². The summed E-state index contributed by atoms with van der Waals surface area (Å²) < 4.78 is 0. The number of aldehydes is 1. The highest BCUT2D eigenvalue weighted by atomic mass is 31.2. The molecule has 2 heteroatoms. The molecule has 0 aliphatic rings. The number of benzene rings is 4. The molecule has 0 atom stereocenters. The number of hydrogen-bond donors (Lipinski definition) is 0. The normalized spacial score (nSPS) is 11.1. The van der Waals surface area contributed by atoms with E-state index in [9.17, 15) is 4.79 Å². The third kappa shape index (κ3) is 3.01. The Morgan fingerprint density at radius 3 is 1.26 bits per heavy atom. The van der Waals surface area contributed by atoms with E-state index in [-0.39, 0.29) is 0 Å². The van der Waals surface area contributed by atoms with Gasteiger partial charge >= 0.3 is 0 Å². The smallest absolute Gasteiger partial charge is 0.154 e. The highest BCUT2D eigenvalue weighted by Gasteiger charge is 2.48. The van der Waals surface area contributed by atoms with Gasteiger partial charge in [-0.1, -0.05) is 66.7 Å². The predicted molar refractivity (Wildman–Crippen MR) is 117 cm³/mol. The van der Waals surface area contributed by atoms with Crippen molar-refractivity contribution in [3.8, 4) is 0 Å². The number of carbonyl (C=O) groups excluding carboxylic acids is 1. The molecular formula is C25H20OP+. The van der Waals surface area contributed by atoms with Crippen molar-refractivity contribution >= 4 is 34.8 Å². The Morgan fingerprint density at radius 1 is 0.481 bits per heavy atom. The molecule has 130 valence electrons. The highest BCUT2D eigenvalue weighted by molar-refractivity contribution is 8.01. The van der Waals surface area contributed by atoms with Crippen LogP contribution in [0.3, 0.4) is 0 Å². The summed E-state index contributed by atoms with van der Waals surface area (Å²) in [6.07, 6.45) is 0.985. The molecule has 0 aromatic heterocycles. The largest absolute Gasteiger partial charge is 0.298 e. The summed E-state index contributed by atoms with van der Waals surface area (Å²) in [6, 6.07) is 39.8. The average Bonchev–Trinajstić information content (AvgIpc) is 2.77. The second-order valence-electron chi connectivity index (χ2n) is 6.35. The monoisotopic (exact) mass is 367 g/mol. The fourth-order valence-electron chi connectivity index (χ4n) is 3.71. The lowest BCUT2D eigenvalue weighted by molar-refractivity contribution is 0.112. The second kappa shape index (κ2) is 7.70. The van der Waals surface area contributed by atoms with Crippen LogP contribution in [0.5, 0.6) is 0 Å². The quantitative estimate of drug-likeness (QED) is 0.383. The molecule has 4 aromatic rings. The molecule has 0 unspecified atom stereocenters. The lowest BCUT2D eigenvalue weighted by atomic mass is 10.2. The van der Waals surface area contributed by atoms with Crippen molar-refractivity contribution in [3.63, 3.8) is 0 Å². The Balaban J connectivity index is 2.18. The van der Waals surface area contributed by atoms with Crippen LogP contribution >= 0.6 is 7.26 Å². The molecule has 0 N–H and O–H groups in total. The van der Waals surface area contributed by atoms with Gasteiger partial charge in [0.25, 0.3) is 0 Å². The molecule has 0 radical (unpaired) electrons. The topological polar surface area (TPSA) is 17.1 Å². The second-order valence-corrected chi connectivity index (χ2v) is 9.73. The zero-order valence-electron chi connectivity index (χ0n) is 14.9. The molecule has 0 saturated carbocycles. The Bertz CT molecular complexity index is 931. The number of hydrogen-bond acceptors (Lipinski definition) is 1. The van der Waals surface area contributed by atoms with E-state index in [1.165, 1.54) is 15.9 Å². The molecule has 4 rings (SSSR count). The SMILES string of the molecule is O=Cc1ccccc1[P+](c1ccccc1)(c1ccccc1)c1ccccc1. The lowest BCUT2D eigenvalue weighted by Gasteiger charge is -2.28. The maximum Gasteiger partial charge on any atom is 0.154 e. The van der Waals surface area contributed by atoms with Crippen LogP contribution in [0.2, 0.25) is 0 Å². The van der Waals surface area contributed by atoms with Gasteiger partial charge in [0, 0.05) is 0 Å². The minimum atomic E-state index is -2.19. The summed E-state index contributed by atoms with van der Waals surface area (Å²) in [7, 11) is -2.19. The molecule has 0 amide bonds. The maximum atomic E-state index is 12.0. The fourth-order valence-corrected chi connectivity index (χ4v) is 8.12. The molecule has 0 fully saturated rings. The maximum absolute atomic E-state index is 12.0. The van der Waals surface area contributed by atoms with Crippen molar-refractivity contribution in [2.24, 2.45) is 0 Å². The standard InChI is InChI=1S/C25H20OP/c26-20-21-12-10-11-19-25(21)27(22-13-4-1-5-14-22,23-15-6-2-7-16-23)24-17-8-3-9-18-24/h1-20H/q+1. The first-order valence-corrected chi connectivity index (χ1v) is 10.8. The van der Waals surface area contributed by atoms with Gasteiger partial charge in [-0.05, 0) is 48.5 Å². The Labute approximate surface area is 160 Å². The zero-order valence-corrected chi connectivity index (χ0v) is 15.8. The fraction of sp³-hybridized carbons (Fsp3) is 0. The molecule has 0 aliphatic heterocycles. The third-order valence-corrected chi connectivity index (χ3v) is 9.20. The van der Waals surface area contributed by atoms with E-state index >= 15 is 0 Å². The first kappa shape index (κ1) is 17.4. The van der Waals surface area contributed by atoms with E-state index in [4.69, 9.17) is 0 Å². The summed E-state index contributed by atoms with van der Waals surface area (Å²) in [4.78, 5) is 12.0. The molecule has 0 heterocycles. The van der Waals surface area contributed by atoms with Gasteiger partial charge < -0.3 is 0 Å². The molecule has 0 aliphatic carbocycles. The Hall–Kier alpha value is -3.02. The van der Waals surface area contributed by atoms with E-state index in [1.54, 1.807) is 0 Å². The first-order valence-electron chi connectivity index (χ1n) is 8.98. The summed E-state index contributed by atoms with van der Waals surface area (Å²) in [5.41, 5.74) is 0.752. The Kier molecular flexibility index (Phi) is 4.96. The zero-order chi connectivity index (χ0) is 18.5. The van der Waals surface area contributed by atoms with Crippen molar-refractivity contribution in [2.75, 3.05) is 0 Å². The van der Waals surface area contributed by atoms with Crippen molar-refractivity contribution in [1.29, 1.82) is 0 Å². The predicted octanol–water partition coefficient (Wildman–Crippen LogP) is 4.12. The van der Waals surface area contributed by atoms with Gasteiger partial charge in [-0.3, -0.25) is 4.79 Å². The number of carbonyl (C=O) groups is 1. The van der Waals surface area contributed by atoms with E-state index in [1.807, 2.05) is 36.4 Å². The van der Waals surface area contributed by atoms with Crippen LogP contribution in [0.4, 0.5) is 0 Å². The molecule has 1 nitrogen and oxygen atoms in total. The van der Waals surface area contributed by atoms with Crippen LogP contribution in [0.1, 0.15) is 10.4 Å². The van der Waals surface area contributed by atoms with Crippen LogP contribution in [0, 0.1) is 0 Å². The Morgan fingerprint density at radius 2 is 0.852 bits per heavy atom. The van der Waals surface area contributed by atoms with Crippen molar-refractivity contribution in [2.45, 2.75) is 0 Å². The van der Waals surface area contributed by atoms with Crippen molar-refractivity contribution in [3.05, 3.63) is 121 Å². The summed E-state index contributed by atoms with van der Waals surface area (Å²) in [6.45, 7) is 0. The molecule has 4 aromatic carbocycles. The van der Waals surface area contributed by atoms with Gasteiger partial charge in [-0.25, -0.2) is 0 Å². The minimum Gasteiger partial charge on any atom is -0.298 e. The van der Waals surface area contributed by atoms with Gasteiger partial charge in [0.2, 0.25) is 0 Å². The van der Waals surface area contributed by atoms with Crippen molar-refractivity contribution < 1.29 is 4.79 Å². The van der Waals surface area contributed by atoms with E-state index < -0.39 is 7.26 Å². The van der Waals surface area contributed by atoms with Gasteiger partial charge in [-0.2, -0.15) is 0 Å². The number of rotatable bonds is 5. The minimum absolute atomic E-state index is 0.752. The van der Waals surface area contributed by atoms with E-state index in [0.29, 0.717) is 0 Å². The van der Waals surface area contributed by atoms with Crippen LogP contribution in [-0.4, -0.2) is 6.29 Å². The lowest BCUT2D eigenvalue weighted by Crippen LogP contribution is -2.39. The van der Waals surface area contributed by atoms with Gasteiger partial charge in [-0.15, -0.1) is 0 Å². The van der Waals surface area contributed by atoms with Crippen molar-refractivity contribution in [1.82, 2.24) is 0 Å². The van der Waals surface area contributed by atoms with Gasteiger partial charge in [0.15, 0.2) is 6.29 Å². The molecule has 27 heavy (non-hydrogen) atoms. The third-order valence-electron chi connectivity index (χ3n) is 4.86. The highest BCUT2D eigenvalue weighted by Crippen LogP contribution is 2.54. The molecule has 0 bridgehead atoms. The van der Waals surface area contributed by atoms with Crippen LogP contribution < -0.4 is 21.2 Å². The summed E-state index contributed by atoms with van der Waals surface area (Å²) >= 11 is 0. The van der Waals surface area contributed by atoms with E-state index in [2.05, 4.69) is 78.9 Å². The van der Waals surface area contributed by atoms with Crippen LogP contribution in [0.25, 0.3) is 0 Å².